The first-order valence-corrected chi connectivity index (χ1v) is 10.1. The van der Waals surface area contributed by atoms with Crippen LogP contribution in [-0.4, -0.2) is 83.6 Å². The van der Waals surface area contributed by atoms with Gasteiger partial charge in [-0.1, -0.05) is 13.8 Å². The van der Waals surface area contributed by atoms with E-state index < -0.39 is 0 Å². The summed E-state index contributed by atoms with van der Waals surface area (Å²) in [6.45, 7) is 9.52. The number of likely N-dealkylation sites (N-methyl/N-ethyl adjacent to an activating group) is 1. The van der Waals surface area contributed by atoms with Crippen molar-refractivity contribution in [2.24, 2.45) is 0 Å². The lowest BCUT2D eigenvalue weighted by Crippen LogP contribution is -2.49. The molecule has 0 radical (unpaired) electrons. The summed E-state index contributed by atoms with van der Waals surface area (Å²) < 4.78 is 0. The van der Waals surface area contributed by atoms with Gasteiger partial charge in [0.2, 0.25) is 11.9 Å². The normalized spacial score (nSPS) is 18.0. The number of hydrogen-bond acceptors (Lipinski definition) is 8. The Kier molecular flexibility index (Phi) is 5.46. The molecule has 2 aliphatic rings. The molecule has 29 heavy (non-hydrogen) atoms. The molecular formula is C20H28N8O. The van der Waals surface area contributed by atoms with E-state index in [0.717, 1.165) is 56.0 Å². The Morgan fingerprint density at radius 3 is 2.24 bits per heavy atom. The molecule has 0 unspecified atom stereocenters. The van der Waals surface area contributed by atoms with Crippen molar-refractivity contribution in [3.05, 3.63) is 30.4 Å². The van der Waals surface area contributed by atoms with Gasteiger partial charge < -0.3 is 19.6 Å². The maximum Gasteiger partial charge on any atom is 0.241 e. The summed E-state index contributed by atoms with van der Waals surface area (Å²) in [5.74, 6) is 3.02. The molecule has 2 fully saturated rings. The molecule has 0 aromatic carbocycles. The molecule has 1 amide bonds. The minimum atomic E-state index is 0.119. The summed E-state index contributed by atoms with van der Waals surface area (Å²) in [6.07, 6.45) is 3.44. The van der Waals surface area contributed by atoms with Gasteiger partial charge in [0, 0.05) is 64.3 Å². The number of carbonyl (C=O) groups excluding carboxylic acids is 1. The summed E-state index contributed by atoms with van der Waals surface area (Å²) in [5.41, 5.74) is 1.07. The molecule has 2 aromatic rings. The molecule has 0 saturated carbocycles. The Bertz CT molecular complexity index is 865. The Hall–Kier alpha value is -2.97. The van der Waals surface area contributed by atoms with Crippen molar-refractivity contribution in [2.75, 3.05) is 67.6 Å². The Morgan fingerprint density at radius 2 is 1.55 bits per heavy atom. The van der Waals surface area contributed by atoms with Crippen molar-refractivity contribution < 1.29 is 4.79 Å². The third-order valence-corrected chi connectivity index (χ3v) is 5.56. The molecule has 0 atom stereocenters. The molecule has 9 heteroatoms. The number of rotatable bonds is 4. The molecule has 0 spiro atoms. The van der Waals surface area contributed by atoms with Crippen molar-refractivity contribution in [2.45, 2.75) is 19.8 Å². The number of amides is 1. The number of anilines is 3. The molecule has 9 nitrogen and oxygen atoms in total. The third-order valence-electron chi connectivity index (χ3n) is 5.56. The summed E-state index contributed by atoms with van der Waals surface area (Å²) in [6, 6.07) is 3.97. The van der Waals surface area contributed by atoms with E-state index in [1.807, 2.05) is 30.3 Å². The first-order valence-electron chi connectivity index (χ1n) is 10.1. The molecule has 2 saturated heterocycles. The van der Waals surface area contributed by atoms with Crippen LogP contribution < -0.4 is 14.7 Å². The number of carbonyl (C=O) groups is 1. The van der Waals surface area contributed by atoms with E-state index >= 15 is 0 Å². The standard InChI is InChI=1S/C20H28N8O/c1-15(2)16-4-5-21-20(24-16)27-10-8-26(9-11-27)17-12-18(23-14-22-17)28-7-6-25(3)19(29)13-28/h4-5,12,14-15H,6-11,13H2,1-3H3. The number of nitrogens with zero attached hydrogens (tertiary/aromatic N) is 8. The first-order chi connectivity index (χ1) is 14.0. The highest BCUT2D eigenvalue weighted by Gasteiger charge is 2.24. The maximum absolute atomic E-state index is 12.0. The van der Waals surface area contributed by atoms with Crippen LogP contribution in [0.2, 0.25) is 0 Å². The number of aromatic nitrogens is 4. The average molecular weight is 396 g/mol. The highest BCUT2D eigenvalue weighted by atomic mass is 16.2. The molecule has 0 N–H and O–H groups in total. The van der Waals surface area contributed by atoms with Gasteiger partial charge in [-0.2, -0.15) is 0 Å². The zero-order valence-electron chi connectivity index (χ0n) is 17.3. The Morgan fingerprint density at radius 1 is 0.897 bits per heavy atom. The van der Waals surface area contributed by atoms with Gasteiger partial charge in [0.15, 0.2) is 0 Å². The van der Waals surface area contributed by atoms with Crippen LogP contribution in [0.1, 0.15) is 25.5 Å². The van der Waals surface area contributed by atoms with Crippen molar-refractivity contribution in [1.82, 2.24) is 24.8 Å². The highest BCUT2D eigenvalue weighted by molar-refractivity contribution is 5.82. The van der Waals surface area contributed by atoms with E-state index in [0.29, 0.717) is 19.0 Å². The quantitative estimate of drug-likeness (QED) is 0.757. The van der Waals surface area contributed by atoms with E-state index in [9.17, 15) is 4.79 Å². The first kappa shape index (κ1) is 19.4. The molecule has 4 heterocycles. The van der Waals surface area contributed by atoms with Gasteiger partial charge in [0.05, 0.1) is 6.54 Å². The minimum Gasteiger partial charge on any atom is -0.353 e. The van der Waals surface area contributed by atoms with Gasteiger partial charge >= 0.3 is 0 Å². The van der Waals surface area contributed by atoms with Crippen LogP contribution in [0.3, 0.4) is 0 Å². The van der Waals surface area contributed by atoms with Gasteiger partial charge in [-0.3, -0.25) is 4.79 Å². The van der Waals surface area contributed by atoms with E-state index in [1.165, 1.54) is 0 Å². The topological polar surface area (TPSA) is 81.6 Å². The summed E-state index contributed by atoms with van der Waals surface area (Å²) in [5, 5.41) is 0. The second-order valence-electron chi connectivity index (χ2n) is 7.88. The van der Waals surface area contributed by atoms with Crippen LogP contribution in [0.5, 0.6) is 0 Å². The van der Waals surface area contributed by atoms with Crippen LogP contribution in [0.4, 0.5) is 17.6 Å². The van der Waals surface area contributed by atoms with Crippen molar-refractivity contribution in [3.63, 3.8) is 0 Å². The molecule has 0 bridgehead atoms. The van der Waals surface area contributed by atoms with E-state index in [2.05, 4.69) is 38.6 Å². The van der Waals surface area contributed by atoms with Crippen LogP contribution in [0.25, 0.3) is 0 Å². The fourth-order valence-corrected chi connectivity index (χ4v) is 3.61. The van der Waals surface area contributed by atoms with Crippen molar-refractivity contribution in [3.8, 4) is 0 Å². The monoisotopic (exact) mass is 396 g/mol. The summed E-state index contributed by atoms with van der Waals surface area (Å²) >= 11 is 0. The SMILES string of the molecule is CC(C)c1ccnc(N2CCN(c3cc(N4CCN(C)C(=O)C4)ncn3)CC2)n1. The van der Waals surface area contributed by atoms with Gasteiger partial charge in [0.1, 0.15) is 18.0 Å². The van der Waals surface area contributed by atoms with Gasteiger partial charge in [-0.05, 0) is 12.0 Å². The Labute approximate surface area is 171 Å². The molecule has 2 aromatic heterocycles. The molecular weight excluding hydrogens is 368 g/mol. The second-order valence-corrected chi connectivity index (χ2v) is 7.88. The van der Waals surface area contributed by atoms with Crippen LogP contribution >= 0.6 is 0 Å². The zero-order valence-corrected chi connectivity index (χ0v) is 17.3. The third kappa shape index (κ3) is 4.23. The van der Waals surface area contributed by atoms with E-state index in [1.54, 1.807) is 11.2 Å². The van der Waals surface area contributed by atoms with E-state index in [4.69, 9.17) is 4.98 Å². The van der Waals surface area contributed by atoms with Crippen molar-refractivity contribution >= 4 is 23.5 Å². The average Bonchev–Trinajstić information content (AvgIpc) is 2.76. The number of hydrogen-bond donors (Lipinski definition) is 0. The Balaban J connectivity index is 1.41. The lowest BCUT2D eigenvalue weighted by molar-refractivity contribution is -0.129. The van der Waals surface area contributed by atoms with Crippen molar-refractivity contribution in [1.29, 1.82) is 0 Å². The fraction of sp³-hybridized carbons (Fsp3) is 0.550. The molecule has 0 aliphatic carbocycles. The zero-order chi connectivity index (χ0) is 20.4. The van der Waals surface area contributed by atoms with Gasteiger partial charge in [0.25, 0.3) is 0 Å². The molecule has 154 valence electrons. The number of piperazine rings is 2. The summed E-state index contributed by atoms with van der Waals surface area (Å²) in [4.78, 5) is 38.3. The minimum absolute atomic E-state index is 0.119. The maximum atomic E-state index is 12.0. The van der Waals surface area contributed by atoms with Gasteiger partial charge in [-0.15, -0.1) is 0 Å². The lowest BCUT2D eigenvalue weighted by Gasteiger charge is -2.36. The van der Waals surface area contributed by atoms with Crippen LogP contribution in [0, 0.1) is 0 Å². The van der Waals surface area contributed by atoms with E-state index in [-0.39, 0.29) is 5.91 Å². The smallest absolute Gasteiger partial charge is 0.241 e. The predicted octanol–water partition coefficient (Wildman–Crippen LogP) is 0.995. The molecule has 2 aliphatic heterocycles. The second kappa shape index (κ2) is 8.18. The van der Waals surface area contributed by atoms with Crippen LogP contribution in [0.15, 0.2) is 24.7 Å². The largest absolute Gasteiger partial charge is 0.353 e. The fourth-order valence-electron chi connectivity index (χ4n) is 3.61. The molecule has 4 rings (SSSR count). The predicted molar refractivity (Wildman–Crippen MR) is 112 cm³/mol. The van der Waals surface area contributed by atoms with Gasteiger partial charge in [-0.25, -0.2) is 19.9 Å². The van der Waals surface area contributed by atoms with Crippen LogP contribution in [-0.2, 0) is 4.79 Å². The summed E-state index contributed by atoms with van der Waals surface area (Å²) in [7, 11) is 1.84. The lowest BCUT2D eigenvalue weighted by atomic mass is 10.1. The highest BCUT2D eigenvalue weighted by Crippen LogP contribution is 2.22.